The average Bonchev–Trinajstić information content (AvgIpc) is 2.92. The number of aromatic nitrogens is 3. The second-order valence-electron chi connectivity index (χ2n) is 6.12. The third-order valence-corrected chi connectivity index (χ3v) is 3.97. The molecule has 0 bridgehead atoms. The predicted molar refractivity (Wildman–Crippen MR) is 99.9 cm³/mol. The monoisotopic (exact) mass is 366 g/mol. The van der Waals surface area contributed by atoms with Crippen LogP contribution in [-0.2, 0) is 6.54 Å². The number of nitro groups is 1. The normalized spacial score (nSPS) is 10.6. The summed E-state index contributed by atoms with van der Waals surface area (Å²) < 4.78 is 1.90. The summed E-state index contributed by atoms with van der Waals surface area (Å²) in [4.78, 5) is 25.9. The van der Waals surface area contributed by atoms with Crippen molar-refractivity contribution in [2.24, 2.45) is 5.73 Å². The van der Waals surface area contributed by atoms with E-state index in [1.165, 1.54) is 0 Å². The molecule has 2 heterocycles. The molecule has 0 atom stereocenters. The van der Waals surface area contributed by atoms with Crippen LogP contribution >= 0.6 is 0 Å². The average molecular weight is 366 g/mol. The van der Waals surface area contributed by atoms with E-state index in [2.05, 4.69) is 15.4 Å². The predicted octanol–water partition coefficient (Wildman–Crippen LogP) is 2.69. The molecule has 3 aromatic rings. The molecule has 0 aliphatic carbocycles. The van der Waals surface area contributed by atoms with Crippen molar-refractivity contribution >= 4 is 23.1 Å². The molecule has 0 unspecified atom stereocenters. The molecule has 9 heteroatoms. The summed E-state index contributed by atoms with van der Waals surface area (Å²) in [6, 6.07) is 10.6. The number of benzene rings is 1. The second-order valence-corrected chi connectivity index (χ2v) is 6.12. The zero-order valence-corrected chi connectivity index (χ0v) is 14.8. The van der Waals surface area contributed by atoms with E-state index in [0.29, 0.717) is 12.2 Å². The highest BCUT2D eigenvalue weighted by atomic mass is 16.6. The summed E-state index contributed by atoms with van der Waals surface area (Å²) in [5, 5.41) is 18.3. The first-order valence-electron chi connectivity index (χ1n) is 8.15. The number of primary amides is 1. The number of carbonyl (C=O) groups excluding carboxylic acids is 1. The van der Waals surface area contributed by atoms with Crippen molar-refractivity contribution in [3.05, 3.63) is 75.2 Å². The lowest BCUT2D eigenvalue weighted by Gasteiger charge is -2.11. The Labute approximate surface area is 155 Å². The Morgan fingerprint density at radius 1 is 1.30 bits per heavy atom. The number of rotatable bonds is 6. The van der Waals surface area contributed by atoms with Crippen LogP contribution < -0.4 is 11.1 Å². The highest BCUT2D eigenvalue weighted by Crippen LogP contribution is 2.23. The van der Waals surface area contributed by atoms with Crippen LogP contribution in [0, 0.1) is 24.0 Å². The van der Waals surface area contributed by atoms with E-state index in [0.717, 1.165) is 29.2 Å². The number of hydrogen-bond acceptors (Lipinski definition) is 6. The van der Waals surface area contributed by atoms with Gasteiger partial charge in [0.15, 0.2) is 0 Å². The number of nitrogens with zero attached hydrogens (tertiary/aromatic N) is 4. The molecule has 2 aromatic heterocycles. The van der Waals surface area contributed by atoms with Gasteiger partial charge in [-0.2, -0.15) is 5.10 Å². The Hall–Kier alpha value is -3.75. The van der Waals surface area contributed by atoms with Crippen LogP contribution in [-0.4, -0.2) is 25.6 Å². The van der Waals surface area contributed by atoms with Crippen LogP contribution in [0.1, 0.15) is 27.3 Å². The first-order valence-corrected chi connectivity index (χ1v) is 8.15. The van der Waals surface area contributed by atoms with Gasteiger partial charge < -0.3 is 11.1 Å². The molecule has 0 saturated heterocycles. The van der Waals surface area contributed by atoms with Crippen molar-refractivity contribution in [3.63, 3.8) is 0 Å². The quantitative estimate of drug-likeness (QED) is 0.510. The lowest BCUT2D eigenvalue weighted by Crippen LogP contribution is -2.15. The van der Waals surface area contributed by atoms with Gasteiger partial charge in [-0.25, -0.2) is 4.98 Å². The minimum atomic E-state index is -0.799. The van der Waals surface area contributed by atoms with Crippen molar-refractivity contribution in [2.75, 3.05) is 5.32 Å². The highest BCUT2D eigenvalue weighted by Gasteiger charge is 2.16. The van der Waals surface area contributed by atoms with E-state index in [1.54, 1.807) is 6.07 Å². The van der Waals surface area contributed by atoms with Gasteiger partial charge in [0, 0.05) is 17.4 Å². The number of nitrogens with one attached hydrogen (secondary N) is 1. The maximum Gasteiger partial charge on any atom is 0.288 e. The molecule has 0 fully saturated rings. The molecular formula is C18H18N6O3. The maximum atomic E-state index is 11.6. The molecule has 3 rings (SSSR count). The molecule has 0 aliphatic rings. The summed E-state index contributed by atoms with van der Waals surface area (Å²) in [7, 11) is 0. The Morgan fingerprint density at radius 2 is 2.07 bits per heavy atom. The molecule has 9 nitrogen and oxygen atoms in total. The number of carbonyl (C=O) groups is 1. The zero-order chi connectivity index (χ0) is 19.6. The summed E-state index contributed by atoms with van der Waals surface area (Å²) >= 11 is 0. The molecule has 27 heavy (non-hydrogen) atoms. The number of amides is 1. The number of pyridine rings is 1. The van der Waals surface area contributed by atoms with Gasteiger partial charge in [0.05, 0.1) is 22.7 Å². The van der Waals surface area contributed by atoms with E-state index in [4.69, 9.17) is 5.73 Å². The smallest absolute Gasteiger partial charge is 0.288 e. The molecule has 1 amide bonds. The van der Waals surface area contributed by atoms with E-state index in [9.17, 15) is 14.9 Å². The summed E-state index contributed by atoms with van der Waals surface area (Å²) in [5.41, 5.74) is 8.66. The van der Waals surface area contributed by atoms with E-state index < -0.39 is 10.8 Å². The van der Waals surface area contributed by atoms with Gasteiger partial charge in [-0.3, -0.25) is 19.6 Å². The molecule has 0 aliphatic heterocycles. The molecular weight excluding hydrogens is 348 g/mol. The van der Waals surface area contributed by atoms with Crippen LogP contribution in [0.25, 0.3) is 0 Å². The number of nitrogens with two attached hydrogens (primary N) is 1. The first kappa shape index (κ1) is 18.1. The standard InChI is InChI=1S/C18H18N6O3/c1-11-6-12(2)23(22-11)10-13-4-3-5-14(7-13)21-18-16(17(19)25)8-15(9-20-18)24(26)27/h3-9H,10H2,1-2H3,(H2,19,25)(H,20,21). The molecule has 0 spiro atoms. The fraction of sp³-hybridized carbons (Fsp3) is 0.167. The van der Waals surface area contributed by atoms with Crippen molar-refractivity contribution < 1.29 is 9.72 Å². The lowest BCUT2D eigenvalue weighted by molar-refractivity contribution is -0.385. The van der Waals surface area contributed by atoms with Crippen LogP contribution in [0.2, 0.25) is 0 Å². The lowest BCUT2D eigenvalue weighted by atomic mass is 10.2. The van der Waals surface area contributed by atoms with Crippen LogP contribution in [0.3, 0.4) is 0 Å². The van der Waals surface area contributed by atoms with Gasteiger partial charge >= 0.3 is 0 Å². The minimum Gasteiger partial charge on any atom is -0.365 e. The van der Waals surface area contributed by atoms with E-state index in [1.807, 2.05) is 42.8 Å². The summed E-state index contributed by atoms with van der Waals surface area (Å²) in [6.45, 7) is 4.51. The van der Waals surface area contributed by atoms with Crippen molar-refractivity contribution in [1.82, 2.24) is 14.8 Å². The van der Waals surface area contributed by atoms with Crippen molar-refractivity contribution in [2.45, 2.75) is 20.4 Å². The fourth-order valence-corrected chi connectivity index (χ4v) is 2.73. The first-order chi connectivity index (χ1) is 12.8. The SMILES string of the molecule is Cc1cc(C)n(Cc2cccc(Nc3ncc([N+](=O)[O-])cc3C(N)=O)c2)n1. The maximum absolute atomic E-state index is 11.6. The van der Waals surface area contributed by atoms with Gasteiger partial charge in [-0.05, 0) is 37.6 Å². The van der Waals surface area contributed by atoms with Gasteiger partial charge in [-0.15, -0.1) is 0 Å². The topological polar surface area (TPSA) is 129 Å². The van der Waals surface area contributed by atoms with Gasteiger partial charge in [0.2, 0.25) is 0 Å². The van der Waals surface area contributed by atoms with E-state index in [-0.39, 0.29) is 17.1 Å². The third-order valence-electron chi connectivity index (χ3n) is 3.97. The number of hydrogen-bond donors (Lipinski definition) is 2. The Morgan fingerprint density at radius 3 is 2.70 bits per heavy atom. The Balaban J connectivity index is 1.87. The van der Waals surface area contributed by atoms with Crippen LogP contribution in [0.5, 0.6) is 0 Å². The highest BCUT2D eigenvalue weighted by molar-refractivity contribution is 5.98. The van der Waals surface area contributed by atoms with Gasteiger partial charge in [0.25, 0.3) is 11.6 Å². The molecule has 1 aromatic carbocycles. The number of anilines is 2. The zero-order valence-electron chi connectivity index (χ0n) is 14.8. The molecule has 3 N–H and O–H groups in total. The van der Waals surface area contributed by atoms with Crippen molar-refractivity contribution in [3.8, 4) is 0 Å². The van der Waals surface area contributed by atoms with Crippen molar-refractivity contribution in [1.29, 1.82) is 0 Å². The Bertz CT molecular complexity index is 1030. The molecule has 138 valence electrons. The molecule has 0 saturated carbocycles. The summed E-state index contributed by atoms with van der Waals surface area (Å²) in [6.07, 6.45) is 1.08. The molecule has 0 radical (unpaired) electrons. The summed E-state index contributed by atoms with van der Waals surface area (Å²) in [5.74, 6) is -0.635. The second kappa shape index (κ2) is 7.24. The Kier molecular flexibility index (Phi) is 4.84. The minimum absolute atomic E-state index is 0.0480. The fourth-order valence-electron chi connectivity index (χ4n) is 2.73. The van der Waals surface area contributed by atoms with Gasteiger partial charge in [-0.1, -0.05) is 12.1 Å². The third kappa shape index (κ3) is 4.09. The van der Waals surface area contributed by atoms with Gasteiger partial charge in [0.1, 0.15) is 12.0 Å². The van der Waals surface area contributed by atoms with Crippen LogP contribution in [0.4, 0.5) is 17.2 Å². The van der Waals surface area contributed by atoms with Crippen LogP contribution in [0.15, 0.2) is 42.6 Å². The number of aryl methyl sites for hydroxylation is 2. The largest absolute Gasteiger partial charge is 0.365 e. The van der Waals surface area contributed by atoms with E-state index >= 15 is 0 Å².